The lowest BCUT2D eigenvalue weighted by molar-refractivity contribution is -0.139. The van der Waals surface area contributed by atoms with Crippen molar-refractivity contribution in [2.24, 2.45) is 0 Å². The Morgan fingerprint density at radius 3 is 1.59 bits per heavy atom. The minimum absolute atomic E-state index is 0.369. The number of aryl methyl sites for hydroxylation is 1. The number of benzene rings is 5. The van der Waals surface area contributed by atoms with Gasteiger partial charge in [0.1, 0.15) is 5.75 Å². The molecular formula is C36H26Cl4O3S. The monoisotopic (exact) mass is 678 g/mol. The van der Waals surface area contributed by atoms with Crippen LogP contribution in [0.5, 0.6) is 5.75 Å². The van der Waals surface area contributed by atoms with Crippen LogP contribution in [0.15, 0.2) is 114 Å². The maximum Gasteiger partial charge on any atom is 0.341 e. The fourth-order valence-corrected chi connectivity index (χ4v) is 6.68. The largest absolute Gasteiger partial charge is 0.482 e. The van der Waals surface area contributed by atoms with Crippen LogP contribution >= 0.6 is 58.2 Å². The van der Waals surface area contributed by atoms with E-state index < -0.39 is 5.97 Å². The molecule has 0 atom stereocenters. The van der Waals surface area contributed by atoms with Crippen molar-refractivity contribution in [3.63, 3.8) is 0 Å². The van der Waals surface area contributed by atoms with Crippen LogP contribution in [0.4, 0.5) is 0 Å². The van der Waals surface area contributed by atoms with Crippen LogP contribution in [-0.4, -0.2) is 23.4 Å². The molecule has 8 heteroatoms. The zero-order valence-corrected chi connectivity index (χ0v) is 27.3. The summed E-state index contributed by atoms with van der Waals surface area (Å²) in [6.07, 6.45) is 2.21. The van der Waals surface area contributed by atoms with Crippen molar-refractivity contribution in [1.82, 2.24) is 0 Å². The summed E-state index contributed by atoms with van der Waals surface area (Å²) in [4.78, 5) is 11.9. The second kappa shape index (κ2) is 14.6. The summed E-state index contributed by atoms with van der Waals surface area (Å²) in [6, 6.07) is 33.5. The number of rotatable bonds is 10. The molecule has 5 rings (SSSR count). The van der Waals surface area contributed by atoms with Crippen molar-refractivity contribution >= 4 is 69.7 Å². The van der Waals surface area contributed by atoms with E-state index in [1.54, 1.807) is 23.9 Å². The minimum atomic E-state index is -1.01. The number of carboxylic acids is 1. The summed E-state index contributed by atoms with van der Waals surface area (Å²) < 4.78 is 5.37. The lowest BCUT2D eigenvalue weighted by Crippen LogP contribution is -2.09. The second-order valence-corrected chi connectivity index (χ2v) is 12.8. The van der Waals surface area contributed by atoms with E-state index in [4.69, 9.17) is 56.2 Å². The SMILES string of the molecule is Cc1cc(SCC=C(c2ccc(-c3cc(Cl)cc(Cl)c3)cc2)c2ccc(-c3cc(Cl)cc(Cl)c3)cc2)ccc1OCC(=O)O. The zero-order chi connectivity index (χ0) is 31.2. The van der Waals surface area contributed by atoms with E-state index in [-0.39, 0.29) is 6.61 Å². The molecule has 0 amide bonds. The number of ether oxygens (including phenoxy) is 1. The maximum absolute atomic E-state index is 10.9. The molecule has 0 saturated carbocycles. The number of hydrogen-bond donors (Lipinski definition) is 1. The van der Waals surface area contributed by atoms with Crippen molar-refractivity contribution in [3.8, 4) is 28.0 Å². The van der Waals surface area contributed by atoms with E-state index in [9.17, 15) is 4.79 Å². The summed E-state index contributed by atoms with van der Waals surface area (Å²) in [7, 11) is 0. The molecular weight excluding hydrogens is 654 g/mol. The number of carbonyl (C=O) groups is 1. The van der Waals surface area contributed by atoms with E-state index in [2.05, 4.69) is 54.6 Å². The third-order valence-electron chi connectivity index (χ3n) is 6.82. The van der Waals surface area contributed by atoms with Crippen LogP contribution in [0, 0.1) is 6.92 Å². The van der Waals surface area contributed by atoms with Gasteiger partial charge in [0.2, 0.25) is 0 Å². The average Bonchev–Trinajstić information content (AvgIpc) is 2.98. The molecule has 5 aromatic carbocycles. The Hall–Kier alpha value is -3.38. The number of hydrogen-bond acceptors (Lipinski definition) is 3. The molecule has 5 aromatic rings. The summed E-state index contributed by atoms with van der Waals surface area (Å²) in [5.41, 5.74) is 8.03. The highest BCUT2D eigenvalue weighted by Gasteiger charge is 2.10. The van der Waals surface area contributed by atoms with Gasteiger partial charge in [0.05, 0.1) is 0 Å². The standard InChI is InChI=1S/C36H26Cl4O3S/c1-22-14-33(10-11-35(22)43-21-36(41)42)44-13-12-34(25-6-2-23(3-7-25)27-15-29(37)19-30(38)16-27)26-8-4-24(5-9-26)28-17-31(39)20-32(40)18-28/h2-12,14-20H,13,21H2,1H3,(H,41,42). The van der Waals surface area contributed by atoms with E-state index in [1.807, 2.05) is 49.4 Å². The van der Waals surface area contributed by atoms with Gasteiger partial charge < -0.3 is 9.84 Å². The van der Waals surface area contributed by atoms with Crippen molar-refractivity contribution < 1.29 is 14.6 Å². The highest BCUT2D eigenvalue weighted by Crippen LogP contribution is 2.33. The van der Waals surface area contributed by atoms with Gasteiger partial charge in [-0.15, -0.1) is 11.8 Å². The molecule has 0 aliphatic heterocycles. The molecule has 0 aromatic heterocycles. The van der Waals surface area contributed by atoms with E-state index in [1.165, 1.54) is 0 Å². The molecule has 0 fully saturated rings. The first kappa shape index (κ1) is 32.0. The maximum atomic E-state index is 10.9. The Morgan fingerprint density at radius 2 is 1.16 bits per heavy atom. The Balaban J connectivity index is 1.43. The summed E-state index contributed by atoms with van der Waals surface area (Å²) in [6.45, 7) is 1.54. The van der Waals surface area contributed by atoms with Crippen molar-refractivity contribution in [3.05, 3.63) is 146 Å². The van der Waals surface area contributed by atoms with Crippen LogP contribution < -0.4 is 4.74 Å². The molecule has 0 heterocycles. The van der Waals surface area contributed by atoms with E-state index in [0.717, 1.165) is 49.4 Å². The van der Waals surface area contributed by atoms with Gasteiger partial charge in [-0.3, -0.25) is 0 Å². The van der Waals surface area contributed by atoms with Gasteiger partial charge in [0.15, 0.2) is 6.61 Å². The topological polar surface area (TPSA) is 46.5 Å². The van der Waals surface area contributed by atoms with Gasteiger partial charge in [-0.25, -0.2) is 4.79 Å². The van der Waals surface area contributed by atoms with Gasteiger partial charge in [0.25, 0.3) is 0 Å². The summed E-state index contributed by atoms with van der Waals surface area (Å²) >= 11 is 26.7. The van der Waals surface area contributed by atoms with Crippen LogP contribution in [0.3, 0.4) is 0 Å². The van der Waals surface area contributed by atoms with E-state index in [0.29, 0.717) is 31.6 Å². The molecule has 0 aliphatic rings. The van der Waals surface area contributed by atoms with Gasteiger partial charge in [-0.05, 0) is 106 Å². The highest BCUT2D eigenvalue weighted by atomic mass is 35.5. The second-order valence-electron chi connectivity index (χ2n) is 10.0. The minimum Gasteiger partial charge on any atom is -0.482 e. The van der Waals surface area contributed by atoms with Crippen LogP contribution in [-0.2, 0) is 4.79 Å². The smallest absolute Gasteiger partial charge is 0.341 e. The lowest BCUT2D eigenvalue weighted by Gasteiger charge is -2.13. The van der Waals surface area contributed by atoms with Crippen molar-refractivity contribution in [2.45, 2.75) is 11.8 Å². The molecule has 3 nitrogen and oxygen atoms in total. The van der Waals surface area contributed by atoms with Crippen LogP contribution in [0.2, 0.25) is 20.1 Å². The molecule has 0 aliphatic carbocycles. The average molecular weight is 680 g/mol. The molecule has 0 unspecified atom stereocenters. The van der Waals surface area contributed by atoms with Gasteiger partial charge in [-0.1, -0.05) is 101 Å². The highest BCUT2D eigenvalue weighted by molar-refractivity contribution is 7.99. The first-order valence-corrected chi connectivity index (χ1v) is 16.1. The quantitative estimate of drug-likeness (QED) is 0.149. The van der Waals surface area contributed by atoms with Crippen LogP contribution in [0.25, 0.3) is 27.8 Å². The third kappa shape index (κ3) is 8.41. The number of thioether (sulfide) groups is 1. The predicted octanol–water partition coefficient (Wildman–Crippen LogP) is 11.6. The molecule has 1 N–H and O–H groups in total. The summed E-state index contributed by atoms with van der Waals surface area (Å²) in [5.74, 6) is 0.269. The van der Waals surface area contributed by atoms with Gasteiger partial charge >= 0.3 is 5.97 Å². The Bertz CT molecular complexity index is 1700. The molecule has 0 bridgehead atoms. The molecule has 0 saturated heterocycles. The van der Waals surface area contributed by atoms with Crippen molar-refractivity contribution in [2.75, 3.05) is 12.4 Å². The lowest BCUT2D eigenvalue weighted by atomic mass is 9.94. The zero-order valence-electron chi connectivity index (χ0n) is 23.5. The third-order valence-corrected chi connectivity index (χ3v) is 8.61. The number of halogens is 4. The first-order valence-electron chi connectivity index (χ1n) is 13.6. The molecule has 222 valence electrons. The summed E-state index contributed by atoms with van der Waals surface area (Å²) in [5, 5.41) is 11.3. The van der Waals surface area contributed by atoms with Gasteiger partial charge in [0, 0.05) is 30.7 Å². The first-order chi connectivity index (χ1) is 21.1. The predicted molar refractivity (Wildman–Crippen MR) is 186 cm³/mol. The number of aliphatic carboxylic acids is 1. The Kier molecular flexibility index (Phi) is 10.6. The molecule has 0 spiro atoms. The Labute approximate surface area is 281 Å². The molecule has 44 heavy (non-hydrogen) atoms. The van der Waals surface area contributed by atoms with Crippen LogP contribution in [0.1, 0.15) is 16.7 Å². The number of carboxylic acid groups (broad SMARTS) is 1. The fraction of sp³-hybridized carbons (Fsp3) is 0.0833. The van der Waals surface area contributed by atoms with Gasteiger partial charge in [-0.2, -0.15) is 0 Å². The van der Waals surface area contributed by atoms with E-state index >= 15 is 0 Å². The van der Waals surface area contributed by atoms with Crippen molar-refractivity contribution in [1.29, 1.82) is 0 Å². The fourth-order valence-electron chi connectivity index (χ4n) is 4.76. The Morgan fingerprint density at radius 1 is 0.682 bits per heavy atom. The molecule has 0 radical (unpaired) electrons. The normalized spacial score (nSPS) is 10.8.